The van der Waals surface area contributed by atoms with Crippen LogP contribution in [0.15, 0.2) is 0 Å². The molecule has 4 heteroatoms. The number of carbonyl (C=O) groups is 1. The number of ketones is 1. The van der Waals surface area contributed by atoms with Crippen LogP contribution >= 0.6 is 11.3 Å². The Hall–Kier alpha value is -0.740. The Labute approximate surface area is 87.3 Å². The monoisotopic (exact) mass is 210 g/mol. The number of nitrogens with two attached hydrogens (primary N) is 1. The van der Waals surface area contributed by atoms with Crippen LogP contribution in [-0.4, -0.2) is 17.3 Å². The Bertz CT molecular complexity index is 355. The molecule has 2 rings (SSSR count). The van der Waals surface area contributed by atoms with Crippen molar-refractivity contribution < 1.29 is 4.79 Å². The highest BCUT2D eigenvalue weighted by Crippen LogP contribution is 2.39. The summed E-state index contributed by atoms with van der Waals surface area (Å²) >= 11 is 1.54. The van der Waals surface area contributed by atoms with E-state index in [0.29, 0.717) is 5.92 Å². The Balaban J connectivity index is 2.24. The van der Waals surface area contributed by atoms with Gasteiger partial charge in [-0.3, -0.25) is 4.79 Å². The number of nitrogens with zero attached hydrogens (tertiary/aromatic N) is 1. The summed E-state index contributed by atoms with van der Waals surface area (Å²) in [5.74, 6) is 0.628. The first-order chi connectivity index (χ1) is 6.72. The van der Waals surface area contributed by atoms with Crippen LogP contribution in [0.5, 0.6) is 0 Å². The first kappa shape index (κ1) is 9.80. The van der Waals surface area contributed by atoms with Crippen LogP contribution in [-0.2, 0) is 0 Å². The molecule has 0 atom stereocenters. The van der Waals surface area contributed by atoms with E-state index < -0.39 is 0 Å². The maximum atomic E-state index is 11.4. The first-order valence-electron chi connectivity index (χ1n) is 4.93. The predicted octanol–water partition coefficient (Wildman–Crippen LogP) is 1.86. The van der Waals surface area contributed by atoms with Crippen molar-refractivity contribution in [1.29, 1.82) is 0 Å². The minimum atomic E-state index is 0.0190. The largest absolute Gasteiger partial charge is 0.324 e. The second kappa shape index (κ2) is 3.79. The minimum absolute atomic E-state index is 0.0190. The van der Waals surface area contributed by atoms with Crippen molar-refractivity contribution in [1.82, 2.24) is 4.98 Å². The molecule has 14 heavy (non-hydrogen) atoms. The van der Waals surface area contributed by atoms with Crippen LogP contribution in [0, 0.1) is 6.92 Å². The van der Waals surface area contributed by atoms with Gasteiger partial charge in [0.15, 0.2) is 5.78 Å². The van der Waals surface area contributed by atoms with Gasteiger partial charge in [0.25, 0.3) is 0 Å². The Kier molecular flexibility index (Phi) is 2.65. The van der Waals surface area contributed by atoms with Crippen molar-refractivity contribution in [3.8, 4) is 0 Å². The molecule has 1 aromatic heterocycles. The van der Waals surface area contributed by atoms with Gasteiger partial charge in [0, 0.05) is 5.92 Å². The van der Waals surface area contributed by atoms with Crippen molar-refractivity contribution in [3.63, 3.8) is 0 Å². The van der Waals surface area contributed by atoms with Gasteiger partial charge in [0.2, 0.25) is 0 Å². The number of hydrogen-bond donors (Lipinski definition) is 1. The normalized spacial score (nSPS) is 16.7. The summed E-state index contributed by atoms with van der Waals surface area (Å²) in [5, 5.41) is 1.13. The van der Waals surface area contributed by atoms with E-state index in [1.54, 1.807) is 0 Å². The summed E-state index contributed by atoms with van der Waals surface area (Å²) in [4.78, 5) is 16.6. The molecule has 0 radical (unpaired) electrons. The fourth-order valence-electron chi connectivity index (χ4n) is 1.60. The van der Waals surface area contributed by atoms with Crippen molar-refractivity contribution in [2.24, 2.45) is 5.73 Å². The van der Waals surface area contributed by atoms with Crippen molar-refractivity contribution in [2.75, 3.05) is 6.54 Å². The molecule has 1 aromatic rings. The molecule has 0 spiro atoms. The van der Waals surface area contributed by atoms with E-state index >= 15 is 0 Å². The van der Waals surface area contributed by atoms with Crippen LogP contribution in [0.25, 0.3) is 0 Å². The summed E-state index contributed by atoms with van der Waals surface area (Å²) in [6.07, 6.45) is 3.75. The van der Waals surface area contributed by atoms with Gasteiger partial charge in [-0.25, -0.2) is 4.98 Å². The quantitative estimate of drug-likeness (QED) is 0.775. The highest BCUT2D eigenvalue weighted by molar-refractivity contribution is 7.14. The highest BCUT2D eigenvalue weighted by Gasteiger charge is 2.24. The summed E-state index contributed by atoms with van der Waals surface area (Å²) in [7, 11) is 0. The van der Waals surface area contributed by atoms with Crippen molar-refractivity contribution in [3.05, 3.63) is 15.6 Å². The zero-order valence-electron chi connectivity index (χ0n) is 8.25. The van der Waals surface area contributed by atoms with Gasteiger partial charge in [0.05, 0.1) is 22.1 Å². The summed E-state index contributed by atoms with van der Waals surface area (Å²) < 4.78 is 0. The third kappa shape index (κ3) is 1.60. The van der Waals surface area contributed by atoms with E-state index in [0.717, 1.165) is 15.6 Å². The molecule has 1 heterocycles. The number of aryl methyl sites for hydroxylation is 1. The second-order valence-corrected chi connectivity index (χ2v) is 4.75. The van der Waals surface area contributed by atoms with Gasteiger partial charge in [-0.15, -0.1) is 11.3 Å². The molecule has 3 nitrogen and oxygen atoms in total. The zero-order chi connectivity index (χ0) is 10.1. The maximum absolute atomic E-state index is 11.4. The van der Waals surface area contributed by atoms with Crippen LogP contribution in [0.1, 0.15) is 45.6 Å². The third-order valence-corrected chi connectivity index (χ3v) is 4.07. The van der Waals surface area contributed by atoms with E-state index in [1.165, 1.54) is 30.6 Å². The van der Waals surface area contributed by atoms with Gasteiger partial charge >= 0.3 is 0 Å². The molecule has 0 saturated heterocycles. The van der Waals surface area contributed by atoms with Gasteiger partial charge in [-0.1, -0.05) is 6.42 Å². The molecule has 1 saturated carbocycles. The molecular formula is C10H14N2OS. The molecule has 76 valence electrons. The van der Waals surface area contributed by atoms with Crippen LogP contribution in [0.3, 0.4) is 0 Å². The fourth-order valence-corrected chi connectivity index (χ4v) is 2.78. The first-order valence-corrected chi connectivity index (χ1v) is 5.74. The van der Waals surface area contributed by atoms with E-state index in [1.807, 2.05) is 6.92 Å². The van der Waals surface area contributed by atoms with E-state index in [-0.39, 0.29) is 12.3 Å². The standard InChI is InChI=1S/C10H14N2OS/c1-6-9(8(13)5-11)14-10(12-6)7-3-2-4-7/h7H,2-5,11H2,1H3. The van der Waals surface area contributed by atoms with Gasteiger partial charge in [-0.2, -0.15) is 0 Å². The van der Waals surface area contributed by atoms with Crippen molar-refractivity contribution >= 4 is 17.1 Å². The molecule has 0 aromatic carbocycles. The van der Waals surface area contributed by atoms with Gasteiger partial charge < -0.3 is 5.73 Å². The number of aromatic nitrogens is 1. The topological polar surface area (TPSA) is 56.0 Å². The van der Waals surface area contributed by atoms with Crippen LogP contribution in [0.2, 0.25) is 0 Å². The van der Waals surface area contributed by atoms with Gasteiger partial charge in [0.1, 0.15) is 0 Å². The van der Waals surface area contributed by atoms with Gasteiger partial charge in [-0.05, 0) is 19.8 Å². The molecule has 0 amide bonds. The fraction of sp³-hybridized carbons (Fsp3) is 0.600. The average Bonchev–Trinajstić information content (AvgIpc) is 2.43. The lowest BCUT2D eigenvalue weighted by atomic mass is 9.86. The van der Waals surface area contributed by atoms with E-state index in [9.17, 15) is 4.79 Å². The summed E-state index contributed by atoms with van der Waals surface area (Å²) in [6, 6.07) is 0. The Morgan fingerprint density at radius 1 is 1.64 bits per heavy atom. The smallest absolute Gasteiger partial charge is 0.188 e. The molecule has 1 aliphatic carbocycles. The Morgan fingerprint density at radius 2 is 2.36 bits per heavy atom. The number of Topliss-reactive ketones (excluding diaryl/α,β-unsaturated/α-hetero) is 1. The molecular weight excluding hydrogens is 196 g/mol. The third-order valence-electron chi connectivity index (χ3n) is 2.71. The van der Waals surface area contributed by atoms with Crippen LogP contribution < -0.4 is 5.73 Å². The number of thiazole rings is 1. The summed E-state index contributed by atoms with van der Waals surface area (Å²) in [5.41, 5.74) is 6.19. The number of rotatable bonds is 3. The molecule has 0 aliphatic heterocycles. The molecule has 1 fully saturated rings. The maximum Gasteiger partial charge on any atom is 0.188 e. The number of hydrogen-bond acceptors (Lipinski definition) is 4. The molecule has 1 aliphatic rings. The average molecular weight is 210 g/mol. The second-order valence-electron chi connectivity index (χ2n) is 3.72. The SMILES string of the molecule is Cc1nc(C2CCC2)sc1C(=O)CN. The Morgan fingerprint density at radius 3 is 2.86 bits per heavy atom. The predicted molar refractivity (Wildman–Crippen MR) is 56.8 cm³/mol. The molecule has 0 bridgehead atoms. The van der Waals surface area contributed by atoms with Crippen LogP contribution in [0.4, 0.5) is 0 Å². The van der Waals surface area contributed by atoms with E-state index in [2.05, 4.69) is 4.98 Å². The highest BCUT2D eigenvalue weighted by atomic mass is 32.1. The van der Waals surface area contributed by atoms with E-state index in [4.69, 9.17) is 5.73 Å². The molecule has 2 N–H and O–H groups in total. The summed E-state index contributed by atoms with van der Waals surface area (Å²) in [6.45, 7) is 1.98. The minimum Gasteiger partial charge on any atom is -0.324 e. The lowest BCUT2D eigenvalue weighted by molar-refractivity contribution is 0.100. The number of carbonyl (C=O) groups excluding carboxylic acids is 1. The molecule has 0 unspecified atom stereocenters. The zero-order valence-corrected chi connectivity index (χ0v) is 9.06. The van der Waals surface area contributed by atoms with Crippen molar-refractivity contribution in [2.45, 2.75) is 32.1 Å². The lowest BCUT2D eigenvalue weighted by Gasteiger charge is -2.22. The lowest BCUT2D eigenvalue weighted by Crippen LogP contribution is -2.13.